The van der Waals surface area contributed by atoms with E-state index >= 15 is 0 Å². The van der Waals surface area contributed by atoms with Gasteiger partial charge < -0.3 is 0 Å². The van der Waals surface area contributed by atoms with Gasteiger partial charge in [-0.3, -0.25) is 0 Å². The Morgan fingerprint density at radius 1 is 1.14 bits per heavy atom. The molecular formula is C19H25BO2. The summed E-state index contributed by atoms with van der Waals surface area (Å²) in [4.78, 5) is 11.3. The van der Waals surface area contributed by atoms with Crippen molar-refractivity contribution in [3.8, 4) is 11.2 Å². The third-order valence-corrected chi connectivity index (χ3v) is 3.67. The molecule has 2 rings (SSSR count). The van der Waals surface area contributed by atoms with E-state index in [4.69, 9.17) is 4.42 Å². The van der Waals surface area contributed by atoms with Gasteiger partial charge in [0.2, 0.25) is 0 Å². The van der Waals surface area contributed by atoms with E-state index in [1.54, 1.807) is 0 Å². The van der Waals surface area contributed by atoms with Gasteiger partial charge in [0, 0.05) is 0 Å². The summed E-state index contributed by atoms with van der Waals surface area (Å²) in [7, 11) is 0. The molecule has 2 aromatic rings. The Morgan fingerprint density at radius 3 is 2.36 bits per heavy atom. The Balaban J connectivity index is 2.44. The molecule has 0 saturated heterocycles. The molecule has 116 valence electrons. The summed E-state index contributed by atoms with van der Waals surface area (Å²) in [5.41, 5.74) is 3.88. The minimum absolute atomic E-state index is 0.0835. The van der Waals surface area contributed by atoms with Gasteiger partial charge in [-0.1, -0.05) is 0 Å². The predicted molar refractivity (Wildman–Crippen MR) is 92.7 cm³/mol. The summed E-state index contributed by atoms with van der Waals surface area (Å²) >= 11 is 0. The van der Waals surface area contributed by atoms with Crippen LogP contribution in [-0.4, -0.2) is 13.2 Å². The molecule has 22 heavy (non-hydrogen) atoms. The van der Waals surface area contributed by atoms with Crippen molar-refractivity contribution >= 4 is 13.2 Å². The summed E-state index contributed by atoms with van der Waals surface area (Å²) in [6.07, 6.45) is 1.64. The van der Waals surface area contributed by atoms with Gasteiger partial charge >= 0.3 is 133 Å². The third kappa shape index (κ3) is 3.97. The summed E-state index contributed by atoms with van der Waals surface area (Å²) in [6, 6.07) is 8.35. The molecule has 2 nitrogen and oxygen atoms in total. The van der Waals surface area contributed by atoms with Crippen LogP contribution in [0.5, 0.6) is 0 Å². The molecule has 0 aliphatic carbocycles. The van der Waals surface area contributed by atoms with Crippen LogP contribution < -0.4 is 0 Å². The minimum atomic E-state index is 0.0835. The third-order valence-electron chi connectivity index (χ3n) is 3.67. The standard InChI is InChI=1S/C19H25BO2/c1-18(2,3)11-16-15(12-21)20-17(22-16)13-8-7-9-14(10-13)19(4,5)6/h7-10,12H,11H2,1-6H3. The van der Waals surface area contributed by atoms with Crippen molar-refractivity contribution < 1.29 is 9.21 Å². The van der Waals surface area contributed by atoms with Crippen molar-refractivity contribution in [2.75, 3.05) is 0 Å². The first-order valence-corrected chi connectivity index (χ1v) is 7.79. The molecule has 3 heteroatoms. The van der Waals surface area contributed by atoms with E-state index < -0.39 is 0 Å². The fourth-order valence-electron chi connectivity index (χ4n) is 2.44. The number of rotatable bonds is 3. The quantitative estimate of drug-likeness (QED) is 0.747. The summed E-state index contributed by atoms with van der Waals surface area (Å²) in [5.74, 6) is 0.777. The first kappa shape index (κ1) is 16.7. The number of hydrogen-bond donors (Lipinski definition) is 0. The maximum absolute atomic E-state index is 11.3. The Morgan fingerprint density at radius 2 is 1.82 bits per heavy atom. The summed E-state index contributed by atoms with van der Waals surface area (Å²) in [6.45, 7) is 14.9. The van der Waals surface area contributed by atoms with Crippen LogP contribution in [0.4, 0.5) is 0 Å². The molecule has 0 aliphatic heterocycles. The topological polar surface area (TPSA) is 30.2 Å². The molecule has 0 unspecified atom stereocenters. The van der Waals surface area contributed by atoms with Crippen LogP contribution in [0.15, 0.2) is 28.7 Å². The van der Waals surface area contributed by atoms with Gasteiger partial charge in [-0.05, 0) is 0 Å². The van der Waals surface area contributed by atoms with E-state index in [1.165, 1.54) is 5.56 Å². The van der Waals surface area contributed by atoms with Crippen molar-refractivity contribution in [1.29, 1.82) is 0 Å². The van der Waals surface area contributed by atoms with Crippen molar-refractivity contribution in [1.82, 2.24) is 0 Å². The van der Waals surface area contributed by atoms with E-state index in [2.05, 4.69) is 53.7 Å². The number of carbonyl (C=O) groups excluding carboxylic acids is 1. The van der Waals surface area contributed by atoms with Gasteiger partial charge in [0.25, 0.3) is 0 Å². The molecule has 0 fully saturated rings. The first-order chi connectivity index (χ1) is 10.1. The zero-order chi connectivity index (χ0) is 16.5. The molecule has 0 radical (unpaired) electrons. The maximum atomic E-state index is 11.3. The molecule has 0 bridgehead atoms. The second kappa shape index (κ2) is 5.87. The molecule has 0 N–H and O–H groups in total. The van der Waals surface area contributed by atoms with Gasteiger partial charge in [-0.2, -0.15) is 0 Å². The zero-order valence-electron chi connectivity index (χ0n) is 14.5. The van der Waals surface area contributed by atoms with E-state index in [0.29, 0.717) is 5.46 Å². The van der Waals surface area contributed by atoms with Crippen LogP contribution in [-0.2, 0) is 11.8 Å². The number of carbonyl (C=O) groups is 1. The Hall–Kier alpha value is -1.64. The molecule has 0 saturated carbocycles. The SMILES string of the molecule is CC(C)(C)Cc1oc(-c2cccc(C(C)(C)C)c2)bc1C=O. The fourth-order valence-corrected chi connectivity index (χ4v) is 2.44. The van der Waals surface area contributed by atoms with Crippen molar-refractivity contribution in [3.05, 3.63) is 41.0 Å². The molecule has 0 atom stereocenters. The molecule has 1 heterocycles. The molecule has 0 aliphatic rings. The molecule has 1 aromatic carbocycles. The number of aldehydes is 1. The average Bonchev–Trinajstić information content (AvgIpc) is 2.78. The Labute approximate surface area is 134 Å². The van der Waals surface area contributed by atoms with Gasteiger partial charge in [0.1, 0.15) is 0 Å². The van der Waals surface area contributed by atoms with Crippen molar-refractivity contribution in [3.63, 3.8) is 0 Å². The van der Waals surface area contributed by atoms with E-state index in [-0.39, 0.29) is 10.8 Å². The van der Waals surface area contributed by atoms with E-state index in [0.717, 1.165) is 29.7 Å². The normalized spacial score (nSPS) is 12.3. The fraction of sp³-hybridized carbons (Fsp3) is 0.474. The average molecular weight is 296 g/mol. The molecular weight excluding hydrogens is 271 g/mol. The molecule has 0 spiro atoms. The monoisotopic (exact) mass is 296 g/mol. The zero-order valence-corrected chi connectivity index (χ0v) is 14.5. The first-order valence-electron chi connectivity index (χ1n) is 7.79. The van der Waals surface area contributed by atoms with E-state index in [9.17, 15) is 4.79 Å². The van der Waals surface area contributed by atoms with Crippen LogP contribution in [0.3, 0.4) is 0 Å². The van der Waals surface area contributed by atoms with Crippen LogP contribution in [0.2, 0.25) is 0 Å². The van der Waals surface area contributed by atoms with Crippen LogP contribution >= 0.6 is 0 Å². The van der Waals surface area contributed by atoms with Gasteiger partial charge in [-0.25, -0.2) is 0 Å². The van der Waals surface area contributed by atoms with Gasteiger partial charge in [-0.15, -0.1) is 0 Å². The van der Waals surface area contributed by atoms with Crippen molar-refractivity contribution in [2.24, 2.45) is 5.41 Å². The van der Waals surface area contributed by atoms with Gasteiger partial charge in [0.15, 0.2) is 0 Å². The van der Waals surface area contributed by atoms with Crippen LogP contribution in [0, 0.1) is 5.41 Å². The Kier molecular flexibility index (Phi) is 4.46. The molecule has 1 aromatic heterocycles. The van der Waals surface area contributed by atoms with E-state index in [1.807, 2.05) is 19.0 Å². The second-order valence-corrected chi connectivity index (χ2v) is 8.18. The van der Waals surface area contributed by atoms with Crippen LogP contribution in [0.25, 0.3) is 11.2 Å². The second-order valence-electron chi connectivity index (χ2n) is 8.18. The van der Waals surface area contributed by atoms with Crippen molar-refractivity contribution in [2.45, 2.75) is 53.4 Å². The predicted octanol–water partition coefficient (Wildman–Crippen LogP) is 4.98. The Bertz CT molecular complexity index is 669. The van der Waals surface area contributed by atoms with Crippen LogP contribution in [0.1, 0.15) is 63.1 Å². The summed E-state index contributed by atoms with van der Waals surface area (Å²) < 4.78 is 6.00. The number of hydrogen-bond acceptors (Lipinski definition) is 2. The van der Waals surface area contributed by atoms with Gasteiger partial charge in [0.05, 0.1) is 0 Å². The molecule has 0 amide bonds. The number of benzene rings is 1. The summed E-state index contributed by atoms with van der Waals surface area (Å²) in [5, 5.41) is 0.